The van der Waals surface area contributed by atoms with Gasteiger partial charge >= 0.3 is 0 Å². The SMILES string of the molecule is CC(C)CCCC(C)CCCC(C)CCCC(C)CCC1(O)C(=O)c2ccccc2C(=O)C1C. The van der Waals surface area contributed by atoms with Gasteiger partial charge in [0.2, 0.25) is 0 Å². The highest BCUT2D eigenvalue weighted by molar-refractivity contribution is 6.18. The van der Waals surface area contributed by atoms with E-state index >= 15 is 0 Å². The van der Waals surface area contributed by atoms with Crippen molar-refractivity contribution in [2.45, 2.75) is 118 Å². The highest BCUT2D eigenvalue weighted by atomic mass is 16.3. The zero-order chi connectivity index (χ0) is 25.3. The van der Waals surface area contributed by atoms with Crippen LogP contribution in [0.5, 0.6) is 0 Å². The van der Waals surface area contributed by atoms with Gasteiger partial charge < -0.3 is 5.11 Å². The second-order valence-corrected chi connectivity index (χ2v) is 11.9. The van der Waals surface area contributed by atoms with Crippen molar-refractivity contribution in [2.24, 2.45) is 29.6 Å². The van der Waals surface area contributed by atoms with Gasteiger partial charge in [0.1, 0.15) is 5.60 Å². The van der Waals surface area contributed by atoms with Crippen LogP contribution in [0.3, 0.4) is 0 Å². The lowest BCUT2D eigenvalue weighted by atomic mass is 9.69. The van der Waals surface area contributed by atoms with Crippen LogP contribution in [0.2, 0.25) is 0 Å². The molecule has 1 aliphatic rings. The van der Waals surface area contributed by atoms with E-state index in [1.165, 1.54) is 51.4 Å². The Morgan fingerprint density at radius 3 is 1.68 bits per heavy atom. The Morgan fingerprint density at radius 1 is 0.735 bits per heavy atom. The summed E-state index contributed by atoms with van der Waals surface area (Å²) in [6.07, 6.45) is 12.8. The molecular weight excluding hydrogens is 420 g/mol. The molecule has 1 N–H and O–H groups in total. The second kappa shape index (κ2) is 13.6. The van der Waals surface area contributed by atoms with Gasteiger partial charge in [0.25, 0.3) is 0 Å². The van der Waals surface area contributed by atoms with Crippen LogP contribution < -0.4 is 0 Å². The molecule has 3 nitrogen and oxygen atoms in total. The molecule has 0 heterocycles. The first-order valence-electron chi connectivity index (χ1n) is 14.0. The summed E-state index contributed by atoms with van der Waals surface area (Å²) < 4.78 is 0. The molecule has 1 aromatic carbocycles. The van der Waals surface area contributed by atoms with Crippen LogP contribution >= 0.6 is 0 Å². The largest absolute Gasteiger partial charge is 0.381 e. The Bertz CT molecular complexity index is 783. The fraction of sp³-hybridized carbons (Fsp3) is 0.742. The van der Waals surface area contributed by atoms with Crippen LogP contribution in [-0.2, 0) is 0 Å². The maximum Gasteiger partial charge on any atom is 0.195 e. The number of ketones is 2. The molecule has 5 unspecified atom stereocenters. The predicted molar refractivity (Wildman–Crippen MR) is 142 cm³/mol. The molecule has 0 bridgehead atoms. The molecule has 0 radical (unpaired) electrons. The molecule has 2 rings (SSSR count). The van der Waals surface area contributed by atoms with Crippen molar-refractivity contribution in [3.05, 3.63) is 35.4 Å². The lowest BCUT2D eigenvalue weighted by Gasteiger charge is -2.37. The van der Waals surface area contributed by atoms with Crippen molar-refractivity contribution in [1.29, 1.82) is 0 Å². The fourth-order valence-corrected chi connectivity index (χ4v) is 5.51. The minimum Gasteiger partial charge on any atom is -0.381 e. The van der Waals surface area contributed by atoms with Gasteiger partial charge in [0.05, 0.1) is 5.92 Å². The highest BCUT2D eigenvalue weighted by Gasteiger charge is 2.49. The molecule has 0 amide bonds. The molecule has 1 aromatic rings. The van der Waals surface area contributed by atoms with Gasteiger partial charge in [-0.3, -0.25) is 9.59 Å². The average molecular weight is 471 g/mol. The van der Waals surface area contributed by atoms with Crippen LogP contribution in [0.4, 0.5) is 0 Å². The van der Waals surface area contributed by atoms with Crippen molar-refractivity contribution in [3.63, 3.8) is 0 Å². The predicted octanol–water partition coefficient (Wildman–Crippen LogP) is 8.29. The molecule has 34 heavy (non-hydrogen) atoms. The van der Waals surface area contributed by atoms with E-state index in [0.717, 1.165) is 30.6 Å². The number of hydrogen-bond acceptors (Lipinski definition) is 3. The van der Waals surface area contributed by atoms with E-state index in [9.17, 15) is 14.7 Å². The summed E-state index contributed by atoms with van der Waals surface area (Å²) in [6, 6.07) is 6.91. The average Bonchev–Trinajstić information content (AvgIpc) is 2.80. The number of fused-ring (bicyclic) bond motifs is 1. The van der Waals surface area contributed by atoms with Gasteiger partial charge in [-0.2, -0.15) is 0 Å². The number of hydrogen-bond donors (Lipinski definition) is 1. The zero-order valence-electron chi connectivity index (χ0n) is 22.7. The molecule has 0 saturated heterocycles. The molecular formula is C31H50O3. The maximum absolute atomic E-state index is 13.0. The molecule has 192 valence electrons. The number of rotatable bonds is 15. The van der Waals surface area contributed by atoms with Gasteiger partial charge in [-0.15, -0.1) is 0 Å². The van der Waals surface area contributed by atoms with Crippen molar-refractivity contribution in [3.8, 4) is 0 Å². The van der Waals surface area contributed by atoms with Gasteiger partial charge in [-0.1, -0.05) is 124 Å². The molecule has 1 aliphatic carbocycles. The lowest BCUT2D eigenvalue weighted by molar-refractivity contribution is -0.00606. The van der Waals surface area contributed by atoms with Crippen molar-refractivity contribution >= 4 is 11.6 Å². The van der Waals surface area contributed by atoms with Gasteiger partial charge in [0.15, 0.2) is 11.6 Å². The summed E-state index contributed by atoms with van der Waals surface area (Å²) in [6.45, 7) is 13.3. The molecule has 0 saturated carbocycles. The van der Waals surface area contributed by atoms with Crippen LogP contribution in [0, 0.1) is 29.6 Å². The normalized spacial score (nSPS) is 23.1. The van der Waals surface area contributed by atoms with E-state index < -0.39 is 11.5 Å². The number of carbonyl (C=O) groups excluding carboxylic acids is 2. The van der Waals surface area contributed by atoms with E-state index in [1.54, 1.807) is 31.2 Å². The number of Topliss-reactive ketones (excluding diaryl/α,β-unsaturated/α-hetero) is 2. The van der Waals surface area contributed by atoms with Gasteiger partial charge in [-0.05, 0) is 36.5 Å². The third-order valence-corrected chi connectivity index (χ3v) is 8.22. The first-order chi connectivity index (χ1) is 16.1. The van der Waals surface area contributed by atoms with Crippen molar-refractivity contribution in [2.75, 3.05) is 0 Å². The summed E-state index contributed by atoms with van der Waals surface area (Å²) in [4.78, 5) is 25.8. The standard InChI is InChI=1S/C31H50O3/c1-22(2)12-9-13-23(3)14-10-15-24(4)16-11-17-25(5)20-21-31(34)26(6)29(32)27-18-7-8-19-28(27)30(31)33/h7-8,18-19,22-26,34H,9-17,20-21H2,1-6H3. The Balaban J connectivity index is 1.68. The first-order valence-corrected chi connectivity index (χ1v) is 14.0. The Kier molecular flexibility index (Phi) is 11.5. The summed E-state index contributed by atoms with van der Waals surface area (Å²) >= 11 is 0. The van der Waals surface area contributed by atoms with Crippen LogP contribution in [0.15, 0.2) is 24.3 Å². The van der Waals surface area contributed by atoms with Crippen LogP contribution in [-0.4, -0.2) is 22.3 Å². The molecule has 3 heteroatoms. The Morgan fingerprint density at radius 2 is 1.18 bits per heavy atom. The van der Waals surface area contributed by atoms with Gasteiger partial charge in [-0.25, -0.2) is 0 Å². The van der Waals surface area contributed by atoms with E-state index in [1.807, 2.05) is 0 Å². The van der Waals surface area contributed by atoms with E-state index in [0.29, 0.717) is 23.5 Å². The number of aliphatic hydroxyl groups is 1. The number of carbonyl (C=O) groups is 2. The molecule has 0 aromatic heterocycles. The summed E-state index contributed by atoms with van der Waals surface area (Å²) in [5.74, 6) is 1.78. The summed E-state index contributed by atoms with van der Waals surface area (Å²) in [5, 5.41) is 11.2. The quantitative estimate of drug-likeness (QED) is 0.280. The second-order valence-electron chi connectivity index (χ2n) is 11.9. The Labute approximate surface area is 209 Å². The van der Waals surface area contributed by atoms with E-state index in [4.69, 9.17) is 0 Å². The number of benzene rings is 1. The highest BCUT2D eigenvalue weighted by Crippen LogP contribution is 2.37. The zero-order valence-corrected chi connectivity index (χ0v) is 22.7. The monoisotopic (exact) mass is 470 g/mol. The smallest absolute Gasteiger partial charge is 0.195 e. The topological polar surface area (TPSA) is 54.4 Å². The van der Waals surface area contributed by atoms with Crippen LogP contribution in [0.1, 0.15) is 133 Å². The molecule has 0 spiro atoms. The van der Waals surface area contributed by atoms with Crippen molar-refractivity contribution < 1.29 is 14.7 Å². The summed E-state index contributed by atoms with van der Waals surface area (Å²) in [7, 11) is 0. The first kappa shape index (κ1) is 28.8. The Hall–Kier alpha value is -1.48. The molecule has 0 fully saturated rings. The molecule has 5 atom stereocenters. The van der Waals surface area contributed by atoms with Gasteiger partial charge in [0, 0.05) is 11.1 Å². The minimum atomic E-state index is -1.57. The molecule has 0 aliphatic heterocycles. The third-order valence-electron chi connectivity index (χ3n) is 8.22. The van der Waals surface area contributed by atoms with E-state index in [2.05, 4.69) is 34.6 Å². The summed E-state index contributed by atoms with van der Waals surface area (Å²) in [5.41, 5.74) is -0.737. The minimum absolute atomic E-state index is 0.117. The van der Waals surface area contributed by atoms with E-state index in [-0.39, 0.29) is 11.6 Å². The van der Waals surface area contributed by atoms with Crippen molar-refractivity contribution in [1.82, 2.24) is 0 Å². The lowest BCUT2D eigenvalue weighted by Crippen LogP contribution is -2.52. The third kappa shape index (κ3) is 8.04. The van der Waals surface area contributed by atoms with Crippen LogP contribution in [0.25, 0.3) is 0 Å². The fourth-order valence-electron chi connectivity index (χ4n) is 5.51. The maximum atomic E-state index is 13.0.